The molecule has 0 bridgehead atoms. The highest BCUT2D eigenvalue weighted by atomic mass is 35.5. The molecule has 1 unspecified atom stereocenters. The van der Waals surface area contributed by atoms with Crippen molar-refractivity contribution in [2.45, 2.75) is 5.92 Å². The van der Waals surface area contributed by atoms with Gasteiger partial charge in [0, 0.05) is 10.0 Å². The van der Waals surface area contributed by atoms with Gasteiger partial charge in [0.25, 0.3) is 5.56 Å². The fourth-order valence-electron chi connectivity index (χ4n) is 3.35. The average molecular weight is 451 g/mol. The SMILES string of the molecule is N#CC1=C(N)n2c(s/c(=C\c3ccc(Cl)cc3)c2=O)=C(C#N)C1c1ccc(Cl)cc1. The molecule has 30 heavy (non-hydrogen) atoms. The first kappa shape index (κ1) is 20.0. The van der Waals surface area contributed by atoms with Gasteiger partial charge in [0.1, 0.15) is 10.5 Å². The molecule has 146 valence electrons. The van der Waals surface area contributed by atoms with E-state index in [0.717, 1.165) is 16.9 Å². The Morgan fingerprint density at radius 1 is 0.967 bits per heavy atom. The molecule has 1 atom stereocenters. The zero-order valence-electron chi connectivity index (χ0n) is 15.3. The fourth-order valence-corrected chi connectivity index (χ4v) is 4.73. The van der Waals surface area contributed by atoms with Gasteiger partial charge < -0.3 is 5.73 Å². The molecule has 5 nitrogen and oxygen atoms in total. The first-order valence-corrected chi connectivity index (χ1v) is 10.3. The number of thiazole rings is 1. The first-order valence-electron chi connectivity index (χ1n) is 8.73. The van der Waals surface area contributed by atoms with Gasteiger partial charge in [-0.25, -0.2) is 0 Å². The zero-order valence-corrected chi connectivity index (χ0v) is 17.6. The van der Waals surface area contributed by atoms with Crippen LogP contribution in [0.4, 0.5) is 0 Å². The van der Waals surface area contributed by atoms with Crippen molar-refractivity contribution in [3.05, 3.63) is 94.8 Å². The summed E-state index contributed by atoms with van der Waals surface area (Å²) in [6.07, 6.45) is 1.71. The van der Waals surface area contributed by atoms with Crippen molar-refractivity contribution in [2.24, 2.45) is 5.73 Å². The van der Waals surface area contributed by atoms with E-state index in [1.54, 1.807) is 54.6 Å². The molecular formula is C22H12Cl2N4OS. The van der Waals surface area contributed by atoms with Crippen LogP contribution >= 0.6 is 34.5 Å². The molecule has 0 saturated heterocycles. The first-order chi connectivity index (χ1) is 14.4. The molecule has 2 heterocycles. The molecule has 2 N–H and O–H groups in total. The van der Waals surface area contributed by atoms with E-state index in [1.807, 2.05) is 0 Å². The van der Waals surface area contributed by atoms with E-state index in [4.69, 9.17) is 28.9 Å². The van der Waals surface area contributed by atoms with Crippen LogP contribution in [-0.2, 0) is 0 Å². The Morgan fingerprint density at radius 3 is 2.10 bits per heavy atom. The number of allylic oxidation sites excluding steroid dienone is 1. The molecule has 0 saturated carbocycles. The van der Waals surface area contributed by atoms with Crippen LogP contribution < -0.4 is 20.5 Å². The molecule has 4 rings (SSSR count). The molecule has 0 radical (unpaired) electrons. The van der Waals surface area contributed by atoms with Crippen molar-refractivity contribution < 1.29 is 0 Å². The summed E-state index contributed by atoms with van der Waals surface area (Å²) in [5.74, 6) is -0.637. The molecule has 8 heteroatoms. The maximum absolute atomic E-state index is 13.1. The molecule has 0 amide bonds. The molecule has 0 fully saturated rings. The monoisotopic (exact) mass is 450 g/mol. The smallest absolute Gasteiger partial charge is 0.274 e. The second-order valence-electron chi connectivity index (χ2n) is 6.53. The topological polar surface area (TPSA) is 95.6 Å². The molecule has 0 spiro atoms. The Hall–Kier alpha value is -3.29. The third-order valence-corrected chi connectivity index (χ3v) is 6.37. The predicted molar refractivity (Wildman–Crippen MR) is 119 cm³/mol. The highest BCUT2D eigenvalue weighted by Crippen LogP contribution is 2.35. The van der Waals surface area contributed by atoms with E-state index < -0.39 is 5.92 Å². The molecule has 1 aliphatic rings. The minimum absolute atomic E-state index is 0.0310. The summed E-state index contributed by atoms with van der Waals surface area (Å²) in [5, 5.41) is 20.8. The second kappa shape index (κ2) is 7.85. The summed E-state index contributed by atoms with van der Waals surface area (Å²) in [4.78, 5) is 13.1. The van der Waals surface area contributed by atoms with Gasteiger partial charge >= 0.3 is 0 Å². The quantitative estimate of drug-likeness (QED) is 0.648. The van der Waals surface area contributed by atoms with Gasteiger partial charge in [-0.05, 0) is 41.5 Å². The van der Waals surface area contributed by atoms with Crippen molar-refractivity contribution in [2.75, 3.05) is 0 Å². The summed E-state index contributed by atoms with van der Waals surface area (Å²) >= 11 is 13.1. The van der Waals surface area contributed by atoms with E-state index >= 15 is 0 Å². The van der Waals surface area contributed by atoms with Crippen molar-refractivity contribution in [1.82, 2.24) is 4.57 Å². The number of nitrogens with zero attached hydrogens (tertiary/aromatic N) is 3. The zero-order chi connectivity index (χ0) is 21.4. The normalized spacial score (nSPS) is 16.2. The van der Waals surface area contributed by atoms with Gasteiger partial charge in [0.2, 0.25) is 0 Å². The van der Waals surface area contributed by atoms with Gasteiger partial charge in [-0.3, -0.25) is 9.36 Å². The summed E-state index contributed by atoms with van der Waals surface area (Å²) in [6, 6.07) is 18.2. The summed E-state index contributed by atoms with van der Waals surface area (Å²) < 4.78 is 2.06. The largest absolute Gasteiger partial charge is 0.384 e. The van der Waals surface area contributed by atoms with Crippen molar-refractivity contribution >= 4 is 52.0 Å². The Morgan fingerprint density at radius 2 is 1.53 bits per heavy atom. The number of hydrogen-bond donors (Lipinski definition) is 1. The third kappa shape index (κ3) is 3.32. The Bertz CT molecular complexity index is 1450. The number of aromatic nitrogens is 1. The minimum atomic E-state index is -0.668. The number of benzene rings is 2. The van der Waals surface area contributed by atoms with E-state index in [0.29, 0.717) is 30.4 Å². The highest BCUT2D eigenvalue weighted by Gasteiger charge is 2.32. The second-order valence-corrected chi connectivity index (χ2v) is 8.43. The Balaban J connectivity index is 2.04. The number of nitrogens with two attached hydrogens (primary N) is 1. The lowest BCUT2D eigenvalue weighted by Crippen LogP contribution is -2.38. The molecule has 0 aliphatic carbocycles. The lowest BCUT2D eigenvalue weighted by Gasteiger charge is -2.22. The van der Waals surface area contributed by atoms with Crippen molar-refractivity contribution in [3.63, 3.8) is 0 Å². The van der Waals surface area contributed by atoms with Crippen LogP contribution in [0, 0.1) is 22.7 Å². The maximum Gasteiger partial charge on any atom is 0.274 e. The highest BCUT2D eigenvalue weighted by molar-refractivity contribution is 7.07. The third-order valence-electron chi connectivity index (χ3n) is 4.76. The maximum atomic E-state index is 13.1. The van der Waals surface area contributed by atoms with Crippen LogP contribution in [0.5, 0.6) is 0 Å². The summed E-state index contributed by atoms with van der Waals surface area (Å²) in [5.41, 5.74) is 7.80. The number of rotatable bonds is 2. The summed E-state index contributed by atoms with van der Waals surface area (Å²) in [7, 11) is 0. The molecule has 3 aromatic rings. The van der Waals surface area contributed by atoms with Gasteiger partial charge in [-0.2, -0.15) is 10.5 Å². The minimum Gasteiger partial charge on any atom is -0.384 e. The van der Waals surface area contributed by atoms with E-state index in [-0.39, 0.29) is 17.0 Å². The van der Waals surface area contributed by atoms with E-state index in [9.17, 15) is 15.3 Å². The van der Waals surface area contributed by atoms with Crippen molar-refractivity contribution in [1.29, 1.82) is 10.5 Å². The lowest BCUT2D eigenvalue weighted by atomic mass is 9.84. The fraction of sp³-hybridized carbons (Fsp3) is 0.0455. The number of halogens is 2. The van der Waals surface area contributed by atoms with E-state index in [2.05, 4.69) is 12.1 Å². The number of hydrogen-bond acceptors (Lipinski definition) is 5. The standard InChI is InChI=1S/C22H12Cl2N4OS/c23-14-5-1-12(2-6-14)9-18-21(29)28-20(27)16(10-25)19(17(11-26)22(28)30-18)13-3-7-15(24)8-4-13/h1-9,19H,27H2/b18-9-. The number of nitriles is 2. The lowest BCUT2D eigenvalue weighted by molar-refractivity contribution is 0.906. The van der Waals surface area contributed by atoms with Crippen LogP contribution in [0.15, 0.2) is 58.9 Å². The average Bonchev–Trinajstić information content (AvgIpc) is 3.06. The van der Waals surface area contributed by atoms with E-state index in [1.165, 1.54) is 4.57 Å². The van der Waals surface area contributed by atoms with Crippen LogP contribution in [0.3, 0.4) is 0 Å². The Labute approximate surface area is 185 Å². The van der Waals surface area contributed by atoms with Crippen molar-refractivity contribution in [3.8, 4) is 12.1 Å². The van der Waals surface area contributed by atoms with Gasteiger partial charge in [-0.1, -0.05) is 47.5 Å². The molecule has 1 aromatic heterocycles. The van der Waals surface area contributed by atoms with Crippen LogP contribution in [0.2, 0.25) is 10.0 Å². The number of fused-ring (bicyclic) bond motifs is 1. The van der Waals surface area contributed by atoms with Crippen LogP contribution in [0.1, 0.15) is 17.0 Å². The summed E-state index contributed by atoms with van der Waals surface area (Å²) in [6.45, 7) is 0. The van der Waals surface area contributed by atoms with Gasteiger partial charge in [0.05, 0.1) is 33.7 Å². The molecular weight excluding hydrogens is 439 g/mol. The van der Waals surface area contributed by atoms with Crippen LogP contribution in [-0.4, -0.2) is 4.57 Å². The van der Waals surface area contributed by atoms with Gasteiger partial charge in [-0.15, -0.1) is 11.3 Å². The molecule has 2 aromatic carbocycles. The van der Waals surface area contributed by atoms with Gasteiger partial charge in [0.15, 0.2) is 0 Å². The molecule has 1 aliphatic heterocycles. The Kier molecular flexibility index (Phi) is 5.24. The van der Waals surface area contributed by atoms with Crippen LogP contribution in [0.25, 0.3) is 17.5 Å². The predicted octanol–water partition coefficient (Wildman–Crippen LogP) is 3.17.